The summed E-state index contributed by atoms with van der Waals surface area (Å²) in [5, 5.41) is 14.9. The predicted molar refractivity (Wildman–Crippen MR) is 136 cm³/mol. The number of benzene rings is 2. The van der Waals surface area contributed by atoms with E-state index in [1.54, 1.807) is 61.7 Å². The minimum absolute atomic E-state index is 0.148. The third kappa shape index (κ3) is 7.10. The highest BCUT2D eigenvalue weighted by Gasteiger charge is 2.20. The highest BCUT2D eigenvalue weighted by molar-refractivity contribution is 7.99. The lowest BCUT2D eigenvalue weighted by Gasteiger charge is -2.15. The quantitative estimate of drug-likeness (QED) is 0.288. The third-order valence-electron chi connectivity index (χ3n) is 4.93. The summed E-state index contributed by atoms with van der Waals surface area (Å²) >= 11 is 1.26. The van der Waals surface area contributed by atoms with Crippen LogP contribution in [-0.4, -0.2) is 46.0 Å². The molecule has 0 fully saturated rings. The molecule has 2 aromatic carbocycles. The van der Waals surface area contributed by atoms with Crippen molar-refractivity contribution in [3.8, 4) is 11.5 Å². The number of hydrogen-bond acceptors (Lipinski definition) is 7. The van der Waals surface area contributed by atoms with E-state index in [2.05, 4.69) is 27.4 Å². The first-order valence-corrected chi connectivity index (χ1v) is 12.1. The minimum atomic E-state index is -0.413. The van der Waals surface area contributed by atoms with E-state index in [-0.39, 0.29) is 17.6 Å². The third-order valence-corrected chi connectivity index (χ3v) is 5.89. The first kappa shape index (κ1) is 25.8. The summed E-state index contributed by atoms with van der Waals surface area (Å²) in [7, 11) is 1.57. The second-order valence-electron chi connectivity index (χ2n) is 7.46. The highest BCUT2D eigenvalue weighted by Crippen LogP contribution is 2.22. The smallest absolute Gasteiger partial charge is 0.251 e. The van der Waals surface area contributed by atoms with Crippen molar-refractivity contribution < 1.29 is 19.1 Å². The molecule has 0 aliphatic rings. The van der Waals surface area contributed by atoms with Gasteiger partial charge in [0.05, 0.1) is 25.5 Å². The van der Waals surface area contributed by atoms with Gasteiger partial charge in [0, 0.05) is 17.8 Å². The number of nitrogens with zero attached hydrogens (tertiary/aromatic N) is 3. The molecule has 0 spiro atoms. The van der Waals surface area contributed by atoms with E-state index in [4.69, 9.17) is 9.47 Å². The number of nitrogens with one attached hydrogen (secondary N) is 2. The maximum absolute atomic E-state index is 12.7. The van der Waals surface area contributed by atoms with E-state index in [1.807, 2.05) is 18.4 Å². The van der Waals surface area contributed by atoms with E-state index in [0.29, 0.717) is 41.1 Å². The van der Waals surface area contributed by atoms with Gasteiger partial charge in [0.15, 0.2) is 11.0 Å². The van der Waals surface area contributed by atoms with E-state index in [1.165, 1.54) is 11.8 Å². The van der Waals surface area contributed by atoms with Gasteiger partial charge in [-0.15, -0.1) is 16.8 Å². The summed E-state index contributed by atoms with van der Waals surface area (Å²) in [6, 6.07) is 13.6. The fourth-order valence-electron chi connectivity index (χ4n) is 3.24. The lowest BCUT2D eigenvalue weighted by molar-refractivity contribution is -0.113. The number of methoxy groups -OCH3 is 1. The molecule has 2 amide bonds. The zero-order valence-electron chi connectivity index (χ0n) is 20.0. The Morgan fingerprint density at radius 3 is 2.43 bits per heavy atom. The Bertz CT molecular complexity index is 1150. The van der Waals surface area contributed by atoms with Crippen molar-refractivity contribution in [3.05, 3.63) is 72.6 Å². The largest absolute Gasteiger partial charge is 0.497 e. The van der Waals surface area contributed by atoms with Crippen molar-refractivity contribution >= 4 is 29.3 Å². The summed E-state index contributed by atoms with van der Waals surface area (Å²) in [5.41, 5.74) is 1.19. The Balaban J connectivity index is 1.62. The van der Waals surface area contributed by atoms with Crippen LogP contribution in [0.4, 0.5) is 5.69 Å². The van der Waals surface area contributed by atoms with Crippen molar-refractivity contribution in [1.82, 2.24) is 20.1 Å². The van der Waals surface area contributed by atoms with Gasteiger partial charge in [0.25, 0.3) is 5.91 Å². The number of carbonyl (C=O) groups excluding carboxylic acids is 2. The average molecular weight is 496 g/mol. The van der Waals surface area contributed by atoms with Crippen LogP contribution in [0, 0.1) is 0 Å². The number of rotatable bonds is 12. The lowest BCUT2D eigenvalue weighted by atomic mass is 10.2. The Kier molecular flexibility index (Phi) is 9.31. The first-order valence-electron chi connectivity index (χ1n) is 11.1. The standard InChI is InChI=1S/C25H29N5O4S/c1-5-15-30-23(17(3)26-24(32)18-7-11-20(33-4)12-8-18)28-29-25(30)35-16-22(31)27-19-9-13-21(14-10-19)34-6-2/h5,7-14,17H,1,6,15-16H2,2-4H3,(H,26,32)(H,27,31)/t17-/m0/s1. The highest BCUT2D eigenvalue weighted by atomic mass is 32.2. The van der Waals surface area contributed by atoms with Crippen LogP contribution in [0.3, 0.4) is 0 Å². The number of aromatic nitrogens is 3. The fourth-order valence-corrected chi connectivity index (χ4v) is 4.00. The zero-order chi connectivity index (χ0) is 25.2. The van der Waals surface area contributed by atoms with Crippen LogP contribution in [0.5, 0.6) is 11.5 Å². The molecule has 1 aromatic heterocycles. The molecule has 3 aromatic rings. The van der Waals surface area contributed by atoms with Crippen LogP contribution in [0.1, 0.15) is 36.1 Å². The van der Waals surface area contributed by atoms with Crippen LogP contribution < -0.4 is 20.1 Å². The molecule has 10 heteroatoms. The number of amides is 2. The van der Waals surface area contributed by atoms with Crippen molar-refractivity contribution in [2.75, 3.05) is 24.8 Å². The Hall–Kier alpha value is -3.79. The number of anilines is 1. The molecule has 0 saturated carbocycles. The molecule has 3 rings (SSSR count). The van der Waals surface area contributed by atoms with Crippen molar-refractivity contribution in [1.29, 1.82) is 0 Å². The van der Waals surface area contributed by atoms with Crippen molar-refractivity contribution in [3.63, 3.8) is 0 Å². The van der Waals surface area contributed by atoms with E-state index < -0.39 is 6.04 Å². The number of ether oxygens (including phenoxy) is 2. The summed E-state index contributed by atoms with van der Waals surface area (Å²) in [6.45, 7) is 8.57. The van der Waals surface area contributed by atoms with Gasteiger partial charge in [-0.2, -0.15) is 0 Å². The van der Waals surface area contributed by atoms with E-state index >= 15 is 0 Å². The van der Waals surface area contributed by atoms with Crippen LogP contribution in [0.15, 0.2) is 66.3 Å². The van der Waals surface area contributed by atoms with E-state index in [0.717, 1.165) is 5.75 Å². The SMILES string of the molecule is C=CCn1c(SCC(=O)Nc2ccc(OCC)cc2)nnc1[C@H](C)NC(=O)c1ccc(OC)cc1. The lowest BCUT2D eigenvalue weighted by Crippen LogP contribution is -2.28. The number of hydrogen-bond donors (Lipinski definition) is 2. The summed E-state index contributed by atoms with van der Waals surface area (Å²) < 4.78 is 12.4. The summed E-state index contributed by atoms with van der Waals surface area (Å²) in [5.74, 6) is 1.73. The van der Waals surface area contributed by atoms with Gasteiger partial charge in [0.1, 0.15) is 11.5 Å². The molecule has 0 aliphatic carbocycles. The molecular formula is C25H29N5O4S. The minimum Gasteiger partial charge on any atom is -0.497 e. The molecule has 1 heterocycles. The van der Waals surface area contributed by atoms with Gasteiger partial charge in [0.2, 0.25) is 5.91 Å². The maximum Gasteiger partial charge on any atom is 0.251 e. The van der Waals surface area contributed by atoms with Gasteiger partial charge in [-0.25, -0.2) is 0 Å². The number of thioether (sulfide) groups is 1. The van der Waals surface area contributed by atoms with Crippen LogP contribution in [0.25, 0.3) is 0 Å². The van der Waals surface area contributed by atoms with Crippen molar-refractivity contribution in [2.45, 2.75) is 31.6 Å². The van der Waals surface area contributed by atoms with Gasteiger partial charge in [-0.1, -0.05) is 17.8 Å². The fraction of sp³-hybridized carbons (Fsp3) is 0.280. The zero-order valence-corrected chi connectivity index (χ0v) is 20.8. The van der Waals surface area contributed by atoms with Gasteiger partial charge >= 0.3 is 0 Å². The number of carbonyl (C=O) groups is 2. The molecule has 0 saturated heterocycles. The second kappa shape index (κ2) is 12.6. The van der Waals surface area contributed by atoms with E-state index in [9.17, 15) is 9.59 Å². The molecule has 0 radical (unpaired) electrons. The molecule has 9 nitrogen and oxygen atoms in total. The number of allylic oxidation sites excluding steroid dienone is 1. The van der Waals surface area contributed by atoms with Gasteiger partial charge in [-0.05, 0) is 62.4 Å². The first-order chi connectivity index (χ1) is 16.9. The van der Waals surface area contributed by atoms with Gasteiger partial charge < -0.3 is 24.7 Å². The monoisotopic (exact) mass is 495 g/mol. The average Bonchev–Trinajstić information content (AvgIpc) is 3.27. The molecule has 2 N–H and O–H groups in total. The summed E-state index contributed by atoms with van der Waals surface area (Å²) in [6.07, 6.45) is 1.72. The van der Waals surface area contributed by atoms with Crippen LogP contribution in [0.2, 0.25) is 0 Å². The molecule has 0 aliphatic heterocycles. The predicted octanol–water partition coefficient (Wildman–Crippen LogP) is 4.09. The molecular weight excluding hydrogens is 466 g/mol. The molecule has 184 valence electrons. The molecule has 0 unspecified atom stereocenters. The van der Waals surface area contributed by atoms with Gasteiger partial charge in [-0.3, -0.25) is 9.59 Å². The van der Waals surface area contributed by atoms with Crippen LogP contribution >= 0.6 is 11.8 Å². The summed E-state index contributed by atoms with van der Waals surface area (Å²) in [4.78, 5) is 25.1. The molecule has 0 bridgehead atoms. The Labute approximate surface area is 208 Å². The van der Waals surface area contributed by atoms with Crippen molar-refractivity contribution in [2.24, 2.45) is 0 Å². The Morgan fingerprint density at radius 2 is 1.80 bits per heavy atom. The topological polar surface area (TPSA) is 107 Å². The second-order valence-corrected chi connectivity index (χ2v) is 8.40. The molecule has 1 atom stereocenters. The molecule has 35 heavy (non-hydrogen) atoms. The normalized spacial score (nSPS) is 11.4. The Morgan fingerprint density at radius 1 is 1.11 bits per heavy atom. The maximum atomic E-state index is 12.7. The van der Waals surface area contributed by atoms with Crippen LogP contribution in [-0.2, 0) is 11.3 Å².